The van der Waals surface area contributed by atoms with Crippen LogP contribution in [0.3, 0.4) is 0 Å². The molecule has 0 spiro atoms. The molecule has 2 rings (SSSR count). The topological polar surface area (TPSA) is 82.9 Å². The molecule has 0 aliphatic carbocycles. The van der Waals surface area contributed by atoms with Gasteiger partial charge in [0, 0.05) is 5.56 Å². The summed E-state index contributed by atoms with van der Waals surface area (Å²) in [7, 11) is 0. The van der Waals surface area contributed by atoms with Gasteiger partial charge in [0.05, 0.1) is 25.0 Å². The normalized spacial score (nSPS) is 12.1. The van der Waals surface area contributed by atoms with Crippen LogP contribution in [-0.2, 0) is 6.42 Å². The summed E-state index contributed by atoms with van der Waals surface area (Å²) in [4.78, 5) is 4.07. The first kappa shape index (κ1) is 13.2. The van der Waals surface area contributed by atoms with Crippen LogP contribution in [0.1, 0.15) is 17.9 Å². The van der Waals surface area contributed by atoms with Crippen LogP contribution in [0, 0.1) is 24.1 Å². The smallest absolute Gasteiger partial charge is 0.229 e. The molecule has 1 aromatic carbocycles. The van der Waals surface area contributed by atoms with Crippen molar-refractivity contribution in [3.05, 3.63) is 35.5 Å². The molecule has 98 valence electrons. The predicted molar refractivity (Wildman–Crippen MR) is 64.4 cm³/mol. The van der Waals surface area contributed by atoms with E-state index in [9.17, 15) is 9.50 Å². The molecule has 1 atom stereocenters. The second-order valence-corrected chi connectivity index (χ2v) is 4.25. The van der Waals surface area contributed by atoms with Gasteiger partial charge in [-0.15, -0.1) is 0 Å². The van der Waals surface area contributed by atoms with Crippen LogP contribution in [-0.4, -0.2) is 21.4 Å². The Morgan fingerprint density at radius 2 is 2.26 bits per heavy atom. The second-order valence-electron chi connectivity index (χ2n) is 4.25. The summed E-state index contributed by atoms with van der Waals surface area (Å²) in [5, 5.41) is 21.6. The molecule has 19 heavy (non-hydrogen) atoms. The van der Waals surface area contributed by atoms with Crippen molar-refractivity contribution in [3.8, 4) is 17.5 Å². The van der Waals surface area contributed by atoms with Gasteiger partial charge in [0.15, 0.2) is 0 Å². The van der Waals surface area contributed by atoms with Gasteiger partial charge in [-0.2, -0.15) is 10.2 Å². The molecule has 5 nitrogen and oxygen atoms in total. The molecule has 0 radical (unpaired) electrons. The van der Waals surface area contributed by atoms with Crippen molar-refractivity contribution < 1.29 is 14.0 Å². The summed E-state index contributed by atoms with van der Waals surface area (Å²) in [6.07, 6.45) is -0.737. The Morgan fingerprint density at radius 3 is 2.95 bits per heavy atom. The van der Waals surface area contributed by atoms with Gasteiger partial charge in [-0.3, -0.25) is 0 Å². The lowest BCUT2D eigenvalue weighted by atomic mass is 10.1. The molecule has 0 aliphatic rings. The molecule has 2 aromatic rings. The zero-order chi connectivity index (χ0) is 13.8. The molecule has 0 amide bonds. The minimum Gasteiger partial charge on any atom is -0.392 e. The SMILES string of the molecule is Cc1cc(F)cc(-c2noc(CC(O)CC#N)n2)c1. The largest absolute Gasteiger partial charge is 0.392 e. The van der Waals surface area contributed by atoms with Gasteiger partial charge in [-0.1, -0.05) is 5.16 Å². The van der Waals surface area contributed by atoms with E-state index in [4.69, 9.17) is 9.78 Å². The van der Waals surface area contributed by atoms with Crippen LogP contribution < -0.4 is 0 Å². The highest BCUT2D eigenvalue weighted by Gasteiger charge is 2.13. The molecule has 6 heteroatoms. The summed E-state index contributed by atoms with van der Waals surface area (Å²) in [5.74, 6) is 0.118. The summed E-state index contributed by atoms with van der Waals surface area (Å²) < 4.78 is 18.2. The van der Waals surface area contributed by atoms with Crippen molar-refractivity contribution >= 4 is 0 Å². The number of benzene rings is 1. The van der Waals surface area contributed by atoms with Gasteiger partial charge in [-0.05, 0) is 30.7 Å². The summed E-state index contributed by atoms with van der Waals surface area (Å²) in [5.41, 5.74) is 1.27. The van der Waals surface area contributed by atoms with E-state index in [0.717, 1.165) is 5.56 Å². The van der Waals surface area contributed by atoms with Crippen LogP contribution in [0.25, 0.3) is 11.4 Å². The van der Waals surface area contributed by atoms with Gasteiger partial charge in [0.25, 0.3) is 0 Å². The Labute approximate surface area is 109 Å². The monoisotopic (exact) mass is 261 g/mol. The van der Waals surface area contributed by atoms with Crippen LogP contribution in [0.15, 0.2) is 22.7 Å². The Balaban J connectivity index is 2.19. The minimum absolute atomic E-state index is 0.00319. The molecule has 0 bridgehead atoms. The van der Waals surface area contributed by atoms with E-state index in [-0.39, 0.29) is 30.4 Å². The van der Waals surface area contributed by atoms with E-state index < -0.39 is 6.10 Å². The molecule has 1 N–H and O–H groups in total. The molecule has 0 aliphatic heterocycles. The molecular formula is C13H12FN3O2. The first-order valence-corrected chi connectivity index (χ1v) is 5.73. The lowest BCUT2D eigenvalue weighted by Gasteiger charge is -2.00. The molecule has 1 heterocycles. The maximum Gasteiger partial charge on any atom is 0.229 e. The van der Waals surface area contributed by atoms with Crippen molar-refractivity contribution in [1.29, 1.82) is 5.26 Å². The van der Waals surface area contributed by atoms with Gasteiger partial charge < -0.3 is 9.63 Å². The molecule has 0 saturated heterocycles. The minimum atomic E-state index is -0.840. The molecule has 0 fully saturated rings. The molecule has 1 aromatic heterocycles. The maximum absolute atomic E-state index is 13.3. The van der Waals surface area contributed by atoms with Gasteiger partial charge in [0.1, 0.15) is 5.82 Å². The Bertz CT molecular complexity index is 598. The summed E-state index contributed by atoms with van der Waals surface area (Å²) in [6, 6.07) is 6.31. The molecule has 0 saturated carbocycles. The first-order valence-electron chi connectivity index (χ1n) is 5.73. The van der Waals surface area contributed by atoms with Crippen LogP contribution >= 0.6 is 0 Å². The van der Waals surface area contributed by atoms with E-state index in [0.29, 0.717) is 5.56 Å². The van der Waals surface area contributed by atoms with Crippen molar-refractivity contribution in [1.82, 2.24) is 10.1 Å². The first-order chi connectivity index (χ1) is 9.08. The van der Waals surface area contributed by atoms with E-state index in [1.54, 1.807) is 13.0 Å². The lowest BCUT2D eigenvalue weighted by molar-refractivity contribution is 0.167. The third-order valence-electron chi connectivity index (χ3n) is 2.51. The number of aliphatic hydroxyl groups excluding tert-OH is 1. The second kappa shape index (κ2) is 5.59. The van der Waals surface area contributed by atoms with E-state index in [1.165, 1.54) is 12.1 Å². The number of nitrogens with zero attached hydrogens (tertiary/aromatic N) is 3. The number of rotatable bonds is 4. The Hall–Kier alpha value is -2.26. The standard InChI is InChI=1S/C13H12FN3O2/c1-8-4-9(6-10(14)5-8)13-16-12(19-17-13)7-11(18)2-3-15/h4-6,11,18H,2,7H2,1H3. The number of aliphatic hydroxyl groups is 1. The van der Waals surface area contributed by atoms with Crippen LogP contribution in [0.2, 0.25) is 0 Å². The van der Waals surface area contributed by atoms with E-state index in [1.807, 2.05) is 6.07 Å². The van der Waals surface area contributed by atoms with Gasteiger partial charge in [-0.25, -0.2) is 4.39 Å². The van der Waals surface area contributed by atoms with E-state index in [2.05, 4.69) is 10.1 Å². The van der Waals surface area contributed by atoms with E-state index >= 15 is 0 Å². The average Bonchev–Trinajstić information content (AvgIpc) is 2.76. The van der Waals surface area contributed by atoms with Crippen molar-refractivity contribution in [2.24, 2.45) is 0 Å². The third kappa shape index (κ3) is 3.36. The summed E-state index contributed by atoms with van der Waals surface area (Å²) in [6.45, 7) is 1.77. The number of aryl methyl sites for hydroxylation is 1. The van der Waals surface area contributed by atoms with Gasteiger partial charge >= 0.3 is 0 Å². The lowest BCUT2D eigenvalue weighted by Crippen LogP contribution is -2.09. The van der Waals surface area contributed by atoms with Crippen molar-refractivity contribution in [2.75, 3.05) is 0 Å². The van der Waals surface area contributed by atoms with Gasteiger partial charge in [0.2, 0.25) is 11.7 Å². The average molecular weight is 261 g/mol. The number of nitriles is 1. The fourth-order valence-corrected chi connectivity index (χ4v) is 1.70. The predicted octanol–water partition coefficient (Wildman–Crippen LogP) is 2.00. The zero-order valence-corrected chi connectivity index (χ0v) is 10.3. The third-order valence-corrected chi connectivity index (χ3v) is 2.51. The van der Waals surface area contributed by atoms with Crippen molar-refractivity contribution in [3.63, 3.8) is 0 Å². The maximum atomic E-state index is 13.3. The number of hydrogen-bond donors (Lipinski definition) is 1. The molecule has 1 unspecified atom stereocenters. The van der Waals surface area contributed by atoms with Crippen LogP contribution in [0.4, 0.5) is 4.39 Å². The highest BCUT2D eigenvalue weighted by molar-refractivity contribution is 5.55. The highest BCUT2D eigenvalue weighted by Crippen LogP contribution is 2.19. The molecular weight excluding hydrogens is 249 g/mol. The number of hydrogen-bond acceptors (Lipinski definition) is 5. The van der Waals surface area contributed by atoms with Crippen LogP contribution in [0.5, 0.6) is 0 Å². The quantitative estimate of drug-likeness (QED) is 0.910. The fourth-order valence-electron chi connectivity index (χ4n) is 1.70. The number of halogens is 1. The number of aromatic nitrogens is 2. The highest BCUT2D eigenvalue weighted by atomic mass is 19.1. The summed E-state index contributed by atoms with van der Waals surface area (Å²) >= 11 is 0. The van der Waals surface area contributed by atoms with Crippen molar-refractivity contribution in [2.45, 2.75) is 25.9 Å². The zero-order valence-electron chi connectivity index (χ0n) is 10.3. The Kier molecular flexibility index (Phi) is 3.88. The Morgan fingerprint density at radius 1 is 1.47 bits per heavy atom. The fraction of sp³-hybridized carbons (Fsp3) is 0.308.